The van der Waals surface area contributed by atoms with Crippen LogP contribution >= 0.6 is 0 Å². The molecular formula is C3H9F3SiSn. The van der Waals surface area contributed by atoms with Gasteiger partial charge in [-0.05, 0) is 0 Å². The predicted octanol–water partition coefficient (Wildman–Crippen LogP) is 2.25. The molecule has 0 aliphatic rings. The first-order chi connectivity index (χ1) is 3.46. The van der Waals surface area contributed by atoms with Gasteiger partial charge in [0, 0.05) is 0 Å². The van der Waals surface area contributed by atoms with Gasteiger partial charge in [-0.2, -0.15) is 0 Å². The molecule has 0 fully saturated rings. The topological polar surface area (TPSA) is 0 Å². The molecule has 8 heavy (non-hydrogen) atoms. The minimum atomic E-state index is -4.38. The molecule has 0 heterocycles. The summed E-state index contributed by atoms with van der Waals surface area (Å²) in [5.41, 5.74) is 0. The van der Waals surface area contributed by atoms with Gasteiger partial charge in [0.2, 0.25) is 0 Å². The maximum absolute atomic E-state index is 9.77. The van der Waals surface area contributed by atoms with Gasteiger partial charge in [0.15, 0.2) is 0 Å². The molecule has 0 rings (SSSR count). The van der Waals surface area contributed by atoms with E-state index in [4.69, 9.17) is 0 Å². The van der Waals surface area contributed by atoms with Gasteiger partial charge < -0.3 is 0 Å². The Hall–Kier alpha value is 0.806. The van der Waals surface area contributed by atoms with Crippen molar-refractivity contribution in [3.63, 3.8) is 0 Å². The van der Waals surface area contributed by atoms with Crippen LogP contribution in [0.15, 0.2) is 0 Å². The first-order valence-electron chi connectivity index (χ1n) is 2.07. The number of hydrogen-bond donors (Lipinski definition) is 0. The molecule has 0 amide bonds. The average molecular weight is 249 g/mol. The van der Waals surface area contributed by atoms with Crippen molar-refractivity contribution in [1.29, 1.82) is 0 Å². The van der Waals surface area contributed by atoms with Crippen LogP contribution in [0.25, 0.3) is 0 Å². The summed E-state index contributed by atoms with van der Waals surface area (Å²) in [5, 5.41) is 0. The zero-order chi connectivity index (χ0) is 7.15. The summed E-state index contributed by atoms with van der Waals surface area (Å²) < 4.78 is 29.3. The maximum atomic E-state index is 9.77. The Morgan fingerprint density at radius 2 is 1.00 bits per heavy atom. The first-order valence-corrected chi connectivity index (χ1v) is 11.8. The van der Waals surface area contributed by atoms with Crippen molar-refractivity contribution in [2.45, 2.75) is 14.8 Å². The van der Waals surface area contributed by atoms with Gasteiger partial charge in [0.25, 0.3) is 0 Å². The van der Waals surface area contributed by atoms with Crippen molar-refractivity contribution in [3.8, 4) is 0 Å². The Balaban J connectivity index is 0. The molecule has 0 aliphatic carbocycles. The van der Waals surface area contributed by atoms with Crippen LogP contribution in [0.2, 0.25) is 14.8 Å². The van der Waals surface area contributed by atoms with E-state index in [0.29, 0.717) is 0 Å². The Kier molecular flexibility index (Phi) is 11.3. The first kappa shape index (κ1) is 11.6. The molecule has 5 heteroatoms. The fourth-order valence-corrected chi connectivity index (χ4v) is 0. The standard InChI is InChI=1S/3CH3.F3Si.Sn/c;;;1-4(2)3;/h3*1H3;;. The Morgan fingerprint density at radius 1 is 1.00 bits per heavy atom. The van der Waals surface area contributed by atoms with Gasteiger partial charge in [-0.15, -0.1) is 0 Å². The molecule has 0 aromatic rings. The molecule has 0 nitrogen and oxygen atoms in total. The van der Waals surface area contributed by atoms with E-state index in [1.54, 1.807) is 0 Å². The van der Waals surface area contributed by atoms with E-state index in [1.165, 1.54) is 0 Å². The van der Waals surface area contributed by atoms with Gasteiger partial charge in [-0.1, -0.05) is 0 Å². The van der Waals surface area contributed by atoms with Crippen molar-refractivity contribution in [2.24, 2.45) is 0 Å². The molecule has 0 spiro atoms. The number of halogens is 3. The van der Waals surface area contributed by atoms with E-state index in [-0.39, 0.29) is 0 Å². The minimum absolute atomic E-state index is 0.543. The van der Waals surface area contributed by atoms with E-state index < -0.39 is 29.6 Å². The summed E-state index contributed by atoms with van der Waals surface area (Å²) in [6.45, 7) is 0. The third kappa shape index (κ3) is 353. The van der Waals surface area contributed by atoms with Crippen LogP contribution in [-0.4, -0.2) is 29.6 Å². The second-order valence-electron chi connectivity index (χ2n) is 1.71. The van der Waals surface area contributed by atoms with Gasteiger partial charge in [0.05, 0.1) is 0 Å². The molecule has 0 bridgehead atoms. The van der Waals surface area contributed by atoms with Gasteiger partial charge in [0.1, 0.15) is 0 Å². The van der Waals surface area contributed by atoms with Crippen molar-refractivity contribution in [3.05, 3.63) is 0 Å². The zero-order valence-electron chi connectivity index (χ0n) is 5.13. The molecule has 0 aromatic carbocycles. The van der Waals surface area contributed by atoms with E-state index in [2.05, 4.69) is 14.8 Å². The second-order valence-corrected chi connectivity index (χ2v) is 10.7. The number of hydrogen-bond acceptors (Lipinski definition) is 0. The fraction of sp³-hybridized carbons (Fsp3) is 1.00. The molecule has 2 radical (unpaired) electrons. The summed E-state index contributed by atoms with van der Waals surface area (Å²) >= 11 is -0.543. The van der Waals surface area contributed by atoms with E-state index in [9.17, 15) is 12.3 Å². The monoisotopic (exact) mass is 250 g/mol. The van der Waals surface area contributed by atoms with Crippen LogP contribution in [0.5, 0.6) is 0 Å². The van der Waals surface area contributed by atoms with E-state index in [0.717, 1.165) is 0 Å². The third-order valence-corrected chi connectivity index (χ3v) is 0. The van der Waals surface area contributed by atoms with Crippen LogP contribution < -0.4 is 0 Å². The number of rotatable bonds is 0. The average Bonchev–Trinajstić information content (AvgIpc) is 1.25. The summed E-state index contributed by atoms with van der Waals surface area (Å²) in [5.74, 6) is 0. The molecule has 0 atom stereocenters. The molecule has 0 aliphatic heterocycles. The van der Waals surface area contributed by atoms with Crippen LogP contribution in [0, 0.1) is 0 Å². The van der Waals surface area contributed by atoms with Crippen molar-refractivity contribution < 1.29 is 12.3 Å². The third-order valence-electron chi connectivity index (χ3n) is 0. The van der Waals surface area contributed by atoms with Crippen molar-refractivity contribution >= 4 is 29.6 Å². The van der Waals surface area contributed by atoms with E-state index in [1.807, 2.05) is 0 Å². The quantitative estimate of drug-likeness (QED) is 0.456. The van der Waals surface area contributed by atoms with Gasteiger partial charge in [-0.25, -0.2) is 12.3 Å². The summed E-state index contributed by atoms with van der Waals surface area (Å²) in [6.07, 6.45) is 0. The molecule has 0 N–H and O–H groups in total. The van der Waals surface area contributed by atoms with Crippen LogP contribution in [0.4, 0.5) is 12.3 Å². The summed E-state index contributed by atoms with van der Waals surface area (Å²) in [7, 11) is -4.38. The second kappa shape index (κ2) is 7.81. The Bertz CT molecular complexity index is 30.0. The molecular weight excluding hydrogens is 240 g/mol. The van der Waals surface area contributed by atoms with Crippen LogP contribution in [0.1, 0.15) is 0 Å². The normalized spacial score (nSPS) is 9.00. The van der Waals surface area contributed by atoms with Gasteiger partial charge >= 0.3 is 44.4 Å². The molecule has 50 valence electrons. The van der Waals surface area contributed by atoms with Crippen molar-refractivity contribution in [2.75, 3.05) is 0 Å². The zero-order valence-corrected chi connectivity index (χ0v) is 8.99. The van der Waals surface area contributed by atoms with Crippen LogP contribution in [-0.2, 0) is 0 Å². The van der Waals surface area contributed by atoms with Crippen molar-refractivity contribution in [1.82, 2.24) is 0 Å². The molecule has 0 unspecified atom stereocenters. The Labute approximate surface area is 57.0 Å². The van der Waals surface area contributed by atoms with E-state index >= 15 is 0 Å². The SMILES string of the molecule is F[Si](F)F.[CH3][Sn]([CH3])[CH3]. The fourth-order valence-electron chi connectivity index (χ4n) is 0. The molecule has 0 saturated heterocycles. The Morgan fingerprint density at radius 3 is 1.00 bits per heavy atom. The molecule has 0 aromatic heterocycles. The van der Waals surface area contributed by atoms with Gasteiger partial charge in [-0.3, -0.25) is 0 Å². The van der Waals surface area contributed by atoms with Crippen LogP contribution in [0.3, 0.4) is 0 Å². The summed E-state index contributed by atoms with van der Waals surface area (Å²) in [4.78, 5) is 7.09. The summed E-state index contributed by atoms with van der Waals surface area (Å²) in [6, 6.07) is 0. The molecule has 0 saturated carbocycles. The predicted molar refractivity (Wildman–Crippen MR) is 32.4 cm³/mol.